The summed E-state index contributed by atoms with van der Waals surface area (Å²) < 4.78 is 40.3. The van der Waals surface area contributed by atoms with Gasteiger partial charge >= 0.3 is 6.18 Å². The average Bonchev–Trinajstić information content (AvgIpc) is 2.33. The standard InChI is InChI=1S/C6H4F3NO/c7-6(8,9)5(4-10)2-1-3-11-5/h1,3H,2H2. The maximum Gasteiger partial charge on any atom is 0.442 e. The molecule has 11 heavy (non-hydrogen) atoms. The summed E-state index contributed by atoms with van der Waals surface area (Å²) >= 11 is 0. The highest BCUT2D eigenvalue weighted by Crippen LogP contribution is 2.39. The third kappa shape index (κ3) is 1.04. The van der Waals surface area contributed by atoms with Gasteiger partial charge in [-0.3, -0.25) is 0 Å². The van der Waals surface area contributed by atoms with E-state index in [9.17, 15) is 13.2 Å². The van der Waals surface area contributed by atoms with Crippen molar-refractivity contribution < 1.29 is 17.9 Å². The van der Waals surface area contributed by atoms with E-state index in [2.05, 4.69) is 4.74 Å². The van der Waals surface area contributed by atoms with Gasteiger partial charge in [0.25, 0.3) is 5.60 Å². The SMILES string of the molecule is N#CC1(C(F)(F)F)CC=CO1. The summed E-state index contributed by atoms with van der Waals surface area (Å²) in [6.07, 6.45) is -2.97. The topological polar surface area (TPSA) is 33.0 Å². The molecule has 0 aliphatic carbocycles. The Kier molecular flexibility index (Phi) is 1.55. The van der Waals surface area contributed by atoms with Crippen molar-refractivity contribution in [2.24, 2.45) is 0 Å². The van der Waals surface area contributed by atoms with Gasteiger partial charge in [-0.05, 0) is 6.08 Å². The van der Waals surface area contributed by atoms with Gasteiger partial charge in [-0.1, -0.05) is 0 Å². The van der Waals surface area contributed by atoms with E-state index in [0.717, 1.165) is 12.3 Å². The zero-order valence-corrected chi connectivity index (χ0v) is 5.35. The van der Waals surface area contributed by atoms with Crippen molar-refractivity contribution >= 4 is 0 Å². The molecule has 1 rings (SSSR count). The number of nitriles is 1. The van der Waals surface area contributed by atoms with Crippen LogP contribution in [0.15, 0.2) is 12.3 Å². The molecule has 0 aromatic heterocycles. The molecule has 1 heterocycles. The molecule has 1 aliphatic rings. The molecule has 2 nitrogen and oxygen atoms in total. The normalized spacial score (nSPS) is 29.6. The maximum atomic E-state index is 12.0. The fourth-order valence-corrected chi connectivity index (χ4v) is 0.744. The number of alkyl halides is 3. The molecule has 0 saturated heterocycles. The van der Waals surface area contributed by atoms with Crippen LogP contribution in [0.25, 0.3) is 0 Å². The van der Waals surface area contributed by atoms with Crippen LogP contribution in [0.1, 0.15) is 6.42 Å². The third-order valence-electron chi connectivity index (χ3n) is 1.41. The smallest absolute Gasteiger partial charge is 0.442 e. The fourth-order valence-electron chi connectivity index (χ4n) is 0.744. The van der Waals surface area contributed by atoms with Crippen LogP contribution >= 0.6 is 0 Å². The predicted molar refractivity (Wildman–Crippen MR) is 29.2 cm³/mol. The Morgan fingerprint density at radius 2 is 2.18 bits per heavy atom. The van der Waals surface area contributed by atoms with Crippen molar-refractivity contribution in [1.29, 1.82) is 5.26 Å². The molecule has 1 unspecified atom stereocenters. The Balaban J connectivity index is 2.89. The van der Waals surface area contributed by atoms with Crippen LogP contribution in [-0.4, -0.2) is 11.8 Å². The van der Waals surface area contributed by atoms with Crippen molar-refractivity contribution in [2.75, 3.05) is 0 Å². The van der Waals surface area contributed by atoms with Crippen LogP contribution in [0.2, 0.25) is 0 Å². The Labute approximate surface area is 60.9 Å². The van der Waals surface area contributed by atoms with Crippen molar-refractivity contribution in [1.82, 2.24) is 0 Å². The first-order chi connectivity index (χ1) is 5.02. The van der Waals surface area contributed by atoms with Crippen molar-refractivity contribution in [2.45, 2.75) is 18.2 Å². The first-order valence-electron chi connectivity index (χ1n) is 2.83. The molecule has 0 aromatic carbocycles. The van der Waals surface area contributed by atoms with Crippen LogP contribution in [0, 0.1) is 11.3 Å². The second-order valence-electron chi connectivity index (χ2n) is 2.13. The van der Waals surface area contributed by atoms with Gasteiger partial charge in [-0.25, -0.2) is 0 Å². The summed E-state index contributed by atoms with van der Waals surface area (Å²) in [5.74, 6) is 0. The highest BCUT2D eigenvalue weighted by Gasteiger charge is 2.58. The van der Waals surface area contributed by atoms with E-state index >= 15 is 0 Å². The zero-order chi connectivity index (χ0) is 8.54. The van der Waals surface area contributed by atoms with Gasteiger partial charge in [-0.2, -0.15) is 18.4 Å². The molecule has 1 atom stereocenters. The van der Waals surface area contributed by atoms with E-state index in [-0.39, 0.29) is 0 Å². The molecule has 0 aromatic rings. The quantitative estimate of drug-likeness (QED) is 0.544. The van der Waals surface area contributed by atoms with Crippen LogP contribution in [0.3, 0.4) is 0 Å². The molecule has 60 valence electrons. The summed E-state index contributed by atoms with van der Waals surface area (Å²) in [6.45, 7) is 0. The van der Waals surface area contributed by atoms with E-state index in [1.54, 1.807) is 0 Å². The molecule has 0 spiro atoms. The Morgan fingerprint density at radius 3 is 2.36 bits per heavy atom. The minimum atomic E-state index is -4.62. The average molecular weight is 163 g/mol. The summed E-state index contributed by atoms with van der Waals surface area (Å²) in [4.78, 5) is 0. The van der Waals surface area contributed by atoms with Gasteiger partial charge in [0, 0.05) is 6.42 Å². The van der Waals surface area contributed by atoms with Crippen LogP contribution < -0.4 is 0 Å². The monoisotopic (exact) mass is 163 g/mol. The minimum Gasteiger partial charge on any atom is -0.470 e. The molecule has 0 amide bonds. The van der Waals surface area contributed by atoms with Crippen LogP contribution in [0.4, 0.5) is 13.2 Å². The van der Waals surface area contributed by atoms with Gasteiger partial charge in [0.2, 0.25) is 0 Å². The third-order valence-corrected chi connectivity index (χ3v) is 1.41. The van der Waals surface area contributed by atoms with Gasteiger partial charge in [-0.15, -0.1) is 0 Å². The van der Waals surface area contributed by atoms with Gasteiger partial charge in [0.05, 0.1) is 6.26 Å². The van der Waals surface area contributed by atoms with E-state index < -0.39 is 18.2 Å². The first kappa shape index (κ1) is 7.92. The van der Waals surface area contributed by atoms with E-state index in [1.807, 2.05) is 0 Å². The molecule has 0 fully saturated rings. The summed E-state index contributed by atoms with van der Waals surface area (Å²) in [5.41, 5.74) is -2.63. The van der Waals surface area contributed by atoms with Crippen molar-refractivity contribution in [3.05, 3.63) is 12.3 Å². The lowest BCUT2D eigenvalue weighted by Gasteiger charge is -2.22. The lowest BCUT2D eigenvalue weighted by molar-refractivity contribution is -0.231. The van der Waals surface area contributed by atoms with E-state index in [0.29, 0.717) is 0 Å². The molecule has 0 bridgehead atoms. The number of hydrogen-bond donors (Lipinski definition) is 0. The van der Waals surface area contributed by atoms with Crippen LogP contribution in [-0.2, 0) is 4.74 Å². The highest BCUT2D eigenvalue weighted by molar-refractivity contribution is 5.15. The molecule has 1 aliphatic heterocycles. The fraction of sp³-hybridized carbons (Fsp3) is 0.500. The molecule has 0 radical (unpaired) electrons. The second-order valence-corrected chi connectivity index (χ2v) is 2.13. The van der Waals surface area contributed by atoms with Gasteiger partial charge in [0.1, 0.15) is 6.07 Å². The number of nitrogens with zero attached hydrogens (tertiary/aromatic N) is 1. The van der Waals surface area contributed by atoms with Gasteiger partial charge in [0.15, 0.2) is 0 Å². The minimum absolute atomic E-state index is 0.424. The Bertz CT molecular complexity index is 217. The predicted octanol–water partition coefficient (Wildman–Crippen LogP) is 1.75. The molecule has 0 N–H and O–H groups in total. The number of ether oxygens (including phenoxy) is 1. The summed E-state index contributed by atoms with van der Waals surface area (Å²) in [5, 5.41) is 8.22. The Hall–Kier alpha value is -1.18. The van der Waals surface area contributed by atoms with E-state index in [4.69, 9.17) is 5.26 Å². The lowest BCUT2D eigenvalue weighted by atomic mass is 10.0. The summed E-state index contributed by atoms with van der Waals surface area (Å²) in [6, 6.07) is 1.11. The number of rotatable bonds is 0. The largest absolute Gasteiger partial charge is 0.470 e. The molecular weight excluding hydrogens is 159 g/mol. The van der Waals surface area contributed by atoms with Gasteiger partial charge < -0.3 is 4.74 Å². The lowest BCUT2D eigenvalue weighted by Crippen LogP contribution is -2.43. The molecule has 0 saturated carbocycles. The van der Waals surface area contributed by atoms with Crippen molar-refractivity contribution in [3.8, 4) is 6.07 Å². The van der Waals surface area contributed by atoms with Crippen LogP contribution in [0.5, 0.6) is 0 Å². The number of hydrogen-bond acceptors (Lipinski definition) is 2. The molecule has 5 heteroatoms. The molecular formula is C6H4F3NO. The Morgan fingerprint density at radius 1 is 1.55 bits per heavy atom. The zero-order valence-electron chi connectivity index (χ0n) is 5.35. The first-order valence-corrected chi connectivity index (χ1v) is 2.83. The second kappa shape index (κ2) is 2.16. The highest BCUT2D eigenvalue weighted by atomic mass is 19.4. The summed E-state index contributed by atoms with van der Waals surface area (Å²) in [7, 11) is 0. The number of halogens is 3. The van der Waals surface area contributed by atoms with Crippen molar-refractivity contribution in [3.63, 3.8) is 0 Å². The maximum absolute atomic E-state index is 12.0. The van der Waals surface area contributed by atoms with E-state index in [1.165, 1.54) is 6.08 Å².